The van der Waals surface area contributed by atoms with Crippen LogP contribution in [0.15, 0.2) is 24.3 Å². The number of carboxylic acid groups (broad SMARTS) is 1. The molecule has 0 saturated heterocycles. The molecule has 0 aliphatic rings. The van der Waals surface area contributed by atoms with Gasteiger partial charge in [-0.05, 0) is 25.6 Å². The normalized spacial score (nSPS) is 11.7. The Bertz CT molecular complexity index is 449. The lowest BCUT2D eigenvalue weighted by atomic mass is 10.2. The Hall–Kier alpha value is -1.76. The van der Waals surface area contributed by atoms with Gasteiger partial charge in [-0.25, -0.2) is 4.79 Å². The van der Waals surface area contributed by atoms with Crippen molar-refractivity contribution in [3.63, 3.8) is 0 Å². The van der Waals surface area contributed by atoms with Gasteiger partial charge in [0, 0.05) is 6.54 Å². The molecular formula is C13H16F3NO3. The molecule has 1 aromatic rings. The highest BCUT2D eigenvalue weighted by Crippen LogP contribution is 2.18. The third-order valence-electron chi connectivity index (χ3n) is 2.51. The van der Waals surface area contributed by atoms with E-state index in [1.165, 1.54) is 19.2 Å². The third-order valence-corrected chi connectivity index (χ3v) is 2.51. The van der Waals surface area contributed by atoms with Crippen LogP contribution in [0.25, 0.3) is 0 Å². The zero-order chi connectivity index (χ0) is 15.2. The van der Waals surface area contributed by atoms with Crippen LogP contribution < -0.4 is 4.74 Å². The highest BCUT2D eigenvalue weighted by atomic mass is 19.4. The summed E-state index contributed by atoms with van der Waals surface area (Å²) in [6, 6.07) is 6.14. The monoisotopic (exact) mass is 291 g/mol. The molecule has 4 nitrogen and oxygen atoms in total. The fourth-order valence-corrected chi connectivity index (χ4v) is 1.67. The van der Waals surface area contributed by atoms with Crippen molar-refractivity contribution in [2.75, 3.05) is 26.7 Å². The van der Waals surface area contributed by atoms with Crippen LogP contribution in [-0.4, -0.2) is 48.9 Å². The van der Waals surface area contributed by atoms with E-state index in [9.17, 15) is 18.0 Å². The molecular weight excluding hydrogens is 275 g/mol. The molecule has 0 atom stereocenters. The van der Waals surface area contributed by atoms with E-state index in [-0.39, 0.29) is 24.5 Å². The SMILES string of the molecule is CN(CCCOc1ccccc1C(=O)O)CC(F)(F)F. The number of nitrogens with zero attached hydrogens (tertiary/aromatic N) is 1. The van der Waals surface area contributed by atoms with E-state index < -0.39 is 18.7 Å². The smallest absolute Gasteiger partial charge is 0.401 e. The average Bonchev–Trinajstić information content (AvgIpc) is 2.33. The maximum atomic E-state index is 12.1. The summed E-state index contributed by atoms with van der Waals surface area (Å²) in [4.78, 5) is 12.1. The lowest BCUT2D eigenvalue weighted by Gasteiger charge is -2.18. The maximum absolute atomic E-state index is 12.1. The number of aromatic carboxylic acids is 1. The van der Waals surface area contributed by atoms with E-state index in [4.69, 9.17) is 9.84 Å². The van der Waals surface area contributed by atoms with Crippen LogP contribution in [0.3, 0.4) is 0 Å². The molecule has 20 heavy (non-hydrogen) atoms. The summed E-state index contributed by atoms with van der Waals surface area (Å²) >= 11 is 0. The zero-order valence-electron chi connectivity index (χ0n) is 11.0. The van der Waals surface area contributed by atoms with Crippen LogP contribution in [0.5, 0.6) is 5.75 Å². The largest absolute Gasteiger partial charge is 0.493 e. The molecule has 1 N–H and O–H groups in total. The van der Waals surface area contributed by atoms with Gasteiger partial charge in [-0.15, -0.1) is 0 Å². The number of alkyl halides is 3. The van der Waals surface area contributed by atoms with E-state index in [2.05, 4.69) is 0 Å². The third kappa shape index (κ3) is 5.92. The molecule has 0 amide bonds. The van der Waals surface area contributed by atoms with Gasteiger partial charge in [0.15, 0.2) is 0 Å². The molecule has 0 radical (unpaired) electrons. The maximum Gasteiger partial charge on any atom is 0.401 e. The summed E-state index contributed by atoms with van der Waals surface area (Å²) in [7, 11) is 1.37. The lowest BCUT2D eigenvalue weighted by molar-refractivity contribution is -0.143. The summed E-state index contributed by atoms with van der Waals surface area (Å²) in [5.74, 6) is -0.881. The highest BCUT2D eigenvalue weighted by Gasteiger charge is 2.28. The van der Waals surface area contributed by atoms with Crippen molar-refractivity contribution in [3.8, 4) is 5.75 Å². The van der Waals surface area contributed by atoms with Crippen molar-refractivity contribution in [2.45, 2.75) is 12.6 Å². The first-order chi connectivity index (χ1) is 9.29. The minimum atomic E-state index is -4.22. The second-order valence-electron chi connectivity index (χ2n) is 4.36. The molecule has 0 spiro atoms. The van der Waals surface area contributed by atoms with Gasteiger partial charge in [-0.2, -0.15) is 13.2 Å². The van der Waals surface area contributed by atoms with Crippen molar-refractivity contribution in [1.29, 1.82) is 0 Å². The van der Waals surface area contributed by atoms with Crippen LogP contribution in [0.1, 0.15) is 16.8 Å². The first kappa shape index (κ1) is 16.3. The van der Waals surface area contributed by atoms with Crippen molar-refractivity contribution < 1.29 is 27.8 Å². The first-order valence-electron chi connectivity index (χ1n) is 6.00. The van der Waals surface area contributed by atoms with Gasteiger partial charge in [0.2, 0.25) is 0 Å². The van der Waals surface area contributed by atoms with E-state index in [0.29, 0.717) is 6.42 Å². The predicted molar refractivity (Wildman–Crippen MR) is 67.1 cm³/mol. The summed E-state index contributed by atoms with van der Waals surface area (Å²) < 4.78 is 41.5. The Kier molecular flexibility index (Phi) is 5.82. The molecule has 0 aromatic heterocycles. The summed E-state index contributed by atoms with van der Waals surface area (Å²) in [6.07, 6.45) is -3.84. The second kappa shape index (κ2) is 7.14. The Morgan fingerprint density at radius 2 is 2.00 bits per heavy atom. The minimum Gasteiger partial charge on any atom is -0.493 e. The van der Waals surface area contributed by atoms with E-state index in [1.54, 1.807) is 12.1 Å². The van der Waals surface area contributed by atoms with Gasteiger partial charge >= 0.3 is 12.1 Å². The molecule has 1 aromatic carbocycles. The number of para-hydroxylation sites is 1. The number of ether oxygens (including phenoxy) is 1. The van der Waals surface area contributed by atoms with Crippen molar-refractivity contribution >= 4 is 5.97 Å². The molecule has 0 fully saturated rings. The minimum absolute atomic E-state index is 0.0381. The van der Waals surface area contributed by atoms with Crippen molar-refractivity contribution in [1.82, 2.24) is 4.90 Å². The molecule has 0 saturated carbocycles. The molecule has 0 heterocycles. The Morgan fingerprint density at radius 3 is 2.60 bits per heavy atom. The lowest BCUT2D eigenvalue weighted by Crippen LogP contribution is -2.32. The fraction of sp³-hybridized carbons (Fsp3) is 0.462. The quantitative estimate of drug-likeness (QED) is 0.785. The van der Waals surface area contributed by atoms with E-state index in [1.807, 2.05) is 0 Å². The second-order valence-corrected chi connectivity index (χ2v) is 4.36. The summed E-state index contributed by atoms with van der Waals surface area (Å²) in [5.41, 5.74) is 0.0381. The number of rotatable bonds is 7. The van der Waals surface area contributed by atoms with Crippen LogP contribution >= 0.6 is 0 Å². The number of carbonyl (C=O) groups is 1. The van der Waals surface area contributed by atoms with Crippen LogP contribution in [0, 0.1) is 0 Å². The number of halogens is 3. The van der Waals surface area contributed by atoms with Gasteiger partial charge in [0.05, 0.1) is 13.2 Å². The highest BCUT2D eigenvalue weighted by molar-refractivity contribution is 5.90. The molecule has 1 rings (SSSR count). The summed E-state index contributed by atoms with van der Waals surface area (Å²) in [6.45, 7) is -0.597. The number of benzene rings is 1. The molecule has 0 bridgehead atoms. The number of carboxylic acids is 1. The topological polar surface area (TPSA) is 49.8 Å². The van der Waals surface area contributed by atoms with E-state index >= 15 is 0 Å². The van der Waals surface area contributed by atoms with Crippen LogP contribution in [0.2, 0.25) is 0 Å². The molecule has 7 heteroatoms. The van der Waals surface area contributed by atoms with Crippen molar-refractivity contribution in [2.24, 2.45) is 0 Å². The predicted octanol–water partition coefficient (Wildman–Crippen LogP) is 2.65. The Balaban J connectivity index is 2.37. The fourth-order valence-electron chi connectivity index (χ4n) is 1.67. The Labute approximate surface area is 114 Å². The van der Waals surface area contributed by atoms with Gasteiger partial charge in [0.25, 0.3) is 0 Å². The Morgan fingerprint density at radius 1 is 1.35 bits per heavy atom. The first-order valence-corrected chi connectivity index (χ1v) is 6.00. The summed E-state index contributed by atoms with van der Waals surface area (Å²) in [5, 5.41) is 8.92. The van der Waals surface area contributed by atoms with E-state index in [0.717, 1.165) is 4.90 Å². The number of hydrogen-bond donors (Lipinski definition) is 1. The molecule has 112 valence electrons. The van der Waals surface area contributed by atoms with Crippen molar-refractivity contribution in [3.05, 3.63) is 29.8 Å². The van der Waals surface area contributed by atoms with Gasteiger partial charge in [-0.1, -0.05) is 12.1 Å². The molecule has 0 aliphatic heterocycles. The molecule has 0 aliphatic carbocycles. The van der Waals surface area contributed by atoms with Gasteiger partial charge in [0.1, 0.15) is 11.3 Å². The van der Waals surface area contributed by atoms with Gasteiger partial charge < -0.3 is 9.84 Å². The number of hydrogen-bond acceptors (Lipinski definition) is 3. The van der Waals surface area contributed by atoms with Gasteiger partial charge in [-0.3, -0.25) is 4.90 Å². The van der Waals surface area contributed by atoms with Crippen LogP contribution in [-0.2, 0) is 0 Å². The standard InChI is InChI=1S/C13H16F3NO3/c1-17(9-13(14,15)16)7-4-8-20-11-6-3-2-5-10(11)12(18)19/h2-3,5-6H,4,7-9H2,1H3,(H,18,19). The zero-order valence-corrected chi connectivity index (χ0v) is 11.0. The average molecular weight is 291 g/mol. The molecule has 0 unspecified atom stereocenters. The van der Waals surface area contributed by atoms with Crippen LogP contribution in [0.4, 0.5) is 13.2 Å².